The van der Waals surface area contributed by atoms with Crippen molar-refractivity contribution in [1.82, 2.24) is 25.1 Å². The number of aromatic nitrogens is 4. The fourth-order valence-corrected chi connectivity index (χ4v) is 2.99. The molecule has 0 radical (unpaired) electrons. The van der Waals surface area contributed by atoms with Crippen molar-refractivity contribution >= 4 is 22.2 Å². The first-order chi connectivity index (χ1) is 9.31. The summed E-state index contributed by atoms with van der Waals surface area (Å²) in [6, 6.07) is 0. The van der Waals surface area contributed by atoms with E-state index in [0.29, 0.717) is 12.5 Å². The molecule has 19 heavy (non-hydrogen) atoms. The molecule has 2 heterocycles. The highest BCUT2D eigenvalue weighted by molar-refractivity contribution is 7.16. The predicted octanol–water partition coefficient (Wildman–Crippen LogP) is 1.13. The van der Waals surface area contributed by atoms with Gasteiger partial charge in [0.05, 0.1) is 0 Å². The van der Waals surface area contributed by atoms with Crippen LogP contribution in [-0.2, 0) is 11.2 Å². The van der Waals surface area contributed by atoms with Gasteiger partial charge in [-0.3, -0.25) is 4.79 Å². The van der Waals surface area contributed by atoms with E-state index in [0.717, 1.165) is 35.1 Å². The quantitative estimate of drug-likeness (QED) is 0.889. The molecule has 7 heteroatoms. The third kappa shape index (κ3) is 2.22. The van der Waals surface area contributed by atoms with E-state index in [1.165, 1.54) is 12.8 Å². The van der Waals surface area contributed by atoms with E-state index in [-0.39, 0.29) is 11.8 Å². The van der Waals surface area contributed by atoms with Crippen molar-refractivity contribution in [3.63, 3.8) is 0 Å². The predicted molar refractivity (Wildman–Crippen MR) is 70.1 cm³/mol. The van der Waals surface area contributed by atoms with Crippen LogP contribution in [0, 0.1) is 5.92 Å². The normalized spacial score (nSPS) is 18.9. The Labute approximate surface area is 114 Å². The van der Waals surface area contributed by atoms with E-state index in [9.17, 15) is 4.79 Å². The fourth-order valence-electron chi connectivity index (χ4n) is 2.15. The Hall–Kier alpha value is -1.50. The van der Waals surface area contributed by atoms with Crippen LogP contribution in [0.5, 0.6) is 0 Å². The summed E-state index contributed by atoms with van der Waals surface area (Å²) >= 11 is 1.57. The molecule has 100 valence electrons. The number of nitrogens with zero attached hydrogens (tertiary/aromatic N) is 4. The fraction of sp³-hybridized carbons (Fsp3) is 0.667. The Bertz CT molecular complexity index is 625. The van der Waals surface area contributed by atoms with Crippen LogP contribution in [0.1, 0.15) is 42.4 Å². The van der Waals surface area contributed by atoms with Crippen molar-refractivity contribution in [3.05, 3.63) is 10.8 Å². The van der Waals surface area contributed by atoms with E-state index in [4.69, 9.17) is 0 Å². The van der Waals surface area contributed by atoms with Gasteiger partial charge in [0.25, 0.3) is 0 Å². The van der Waals surface area contributed by atoms with E-state index in [1.54, 1.807) is 11.3 Å². The molecule has 0 aromatic carbocycles. The van der Waals surface area contributed by atoms with Crippen LogP contribution >= 0.6 is 11.3 Å². The van der Waals surface area contributed by atoms with Crippen LogP contribution < -0.4 is 5.32 Å². The van der Waals surface area contributed by atoms with Gasteiger partial charge in [-0.1, -0.05) is 11.3 Å². The molecule has 2 aliphatic rings. The maximum Gasteiger partial charge on any atom is 0.234 e. The summed E-state index contributed by atoms with van der Waals surface area (Å²) in [4.78, 5) is 12.4. The molecule has 0 spiro atoms. The lowest BCUT2D eigenvalue weighted by Gasteiger charge is -2.00. The summed E-state index contributed by atoms with van der Waals surface area (Å²) < 4.78 is 1.88. The van der Waals surface area contributed by atoms with Gasteiger partial charge >= 0.3 is 0 Å². The minimum atomic E-state index is 0.196. The number of fused-ring (bicyclic) bond motifs is 1. The van der Waals surface area contributed by atoms with Gasteiger partial charge in [0.15, 0.2) is 5.82 Å². The minimum Gasteiger partial charge on any atom is -0.355 e. The molecule has 2 aromatic heterocycles. The van der Waals surface area contributed by atoms with Crippen LogP contribution in [0.2, 0.25) is 0 Å². The van der Waals surface area contributed by atoms with Gasteiger partial charge in [0, 0.05) is 24.8 Å². The van der Waals surface area contributed by atoms with Crippen molar-refractivity contribution in [2.45, 2.75) is 38.0 Å². The zero-order valence-corrected chi connectivity index (χ0v) is 11.3. The Balaban J connectivity index is 1.41. The Kier molecular flexibility index (Phi) is 2.54. The van der Waals surface area contributed by atoms with E-state index < -0.39 is 0 Å². The van der Waals surface area contributed by atoms with Gasteiger partial charge in [0.2, 0.25) is 10.9 Å². The van der Waals surface area contributed by atoms with Gasteiger partial charge in [-0.2, -0.15) is 9.61 Å². The topological polar surface area (TPSA) is 72.2 Å². The first-order valence-electron chi connectivity index (χ1n) is 6.80. The molecule has 4 rings (SSSR count). The molecular weight excluding hydrogens is 262 g/mol. The van der Waals surface area contributed by atoms with Gasteiger partial charge in [-0.05, 0) is 25.7 Å². The molecule has 1 amide bonds. The van der Waals surface area contributed by atoms with Crippen LogP contribution in [0.3, 0.4) is 0 Å². The standard InChI is InChI=1S/C12H15N5OS/c18-11(8-3-4-8)13-6-5-9-16-17-10(7-1-2-7)14-15-12(17)19-9/h7-8H,1-6H2,(H,13,18). The highest BCUT2D eigenvalue weighted by atomic mass is 32.1. The molecule has 2 aliphatic carbocycles. The summed E-state index contributed by atoms with van der Waals surface area (Å²) in [5.74, 6) is 2.03. The molecule has 0 saturated heterocycles. The summed E-state index contributed by atoms with van der Waals surface area (Å²) in [5.41, 5.74) is 0. The third-order valence-electron chi connectivity index (χ3n) is 3.59. The second-order valence-electron chi connectivity index (χ2n) is 5.34. The number of amides is 1. The number of carbonyl (C=O) groups excluding carboxylic acids is 1. The zero-order valence-electron chi connectivity index (χ0n) is 10.5. The molecule has 0 bridgehead atoms. The van der Waals surface area contributed by atoms with Crippen LogP contribution in [0.4, 0.5) is 0 Å². The lowest BCUT2D eigenvalue weighted by atomic mass is 10.3. The van der Waals surface area contributed by atoms with Gasteiger partial charge in [-0.15, -0.1) is 10.2 Å². The van der Waals surface area contributed by atoms with Crippen molar-refractivity contribution in [3.8, 4) is 0 Å². The lowest BCUT2D eigenvalue weighted by Crippen LogP contribution is -2.26. The van der Waals surface area contributed by atoms with Crippen LogP contribution in [-0.4, -0.2) is 32.3 Å². The summed E-state index contributed by atoms with van der Waals surface area (Å²) in [6.45, 7) is 0.665. The molecule has 0 aliphatic heterocycles. The Morgan fingerprint density at radius 3 is 2.89 bits per heavy atom. The number of rotatable bonds is 5. The summed E-state index contributed by atoms with van der Waals surface area (Å²) in [6.07, 6.45) is 5.27. The van der Waals surface area contributed by atoms with Crippen LogP contribution in [0.15, 0.2) is 0 Å². The van der Waals surface area contributed by atoms with Gasteiger partial charge in [-0.25, -0.2) is 0 Å². The van der Waals surface area contributed by atoms with Gasteiger partial charge < -0.3 is 5.32 Å². The Morgan fingerprint density at radius 1 is 1.32 bits per heavy atom. The maximum atomic E-state index is 11.5. The van der Waals surface area contributed by atoms with Crippen LogP contribution in [0.25, 0.3) is 4.96 Å². The highest BCUT2D eigenvalue weighted by Gasteiger charge is 2.30. The summed E-state index contributed by atoms with van der Waals surface area (Å²) in [7, 11) is 0. The smallest absolute Gasteiger partial charge is 0.234 e. The third-order valence-corrected chi connectivity index (χ3v) is 4.54. The molecule has 6 nitrogen and oxygen atoms in total. The number of hydrogen-bond donors (Lipinski definition) is 1. The second-order valence-corrected chi connectivity index (χ2v) is 6.38. The largest absolute Gasteiger partial charge is 0.355 e. The zero-order chi connectivity index (χ0) is 12.8. The van der Waals surface area contributed by atoms with Crippen molar-refractivity contribution < 1.29 is 4.79 Å². The highest BCUT2D eigenvalue weighted by Crippen LogP contribution is 2.39. The van der Waals surface area contributed by atoms with Crippen molar-refractivity contribution in [1.29, 1.82) is 0 Å². The molecule has 1 N–H and O–H groups in total. The van der Waals surface area contributed by atoms with Crippen molar-refractivity contribution in [2.24, 2.45) is 5.92 Å². The first kappa shape index (κ1) is 11.3. The first-order valence-corrected chi connectivity index (χ1v) is 7.61. The Morgan fingerprint density at radius 2 is 2.16 bits per heavy atom. The number of nitrogens with one attached hydrogen (secondary N) is 1. The number of hydrogen-bond acceptors (Lipinski definition) is 5. The lowest BCUT2D eigenvalue weighted by molar-refractivity contribution is -0.122. The molecule has 0 unspecified atom stereocenters. The second kappa shape index (κ2) is 4.26. The molecule has 2 aromatic rings. The van der Waals surface area contributed by atoms with Crippen molar-refractivity contribution in [2.75, 3.05) is 6.54 Å². The average Bonchev–Trinajstić information content (AvgIpc) is 3.28. The monoisotopic (exact) mass is 277 g/mol. The maximum absolute atomic E-state index is 11.5. The van der Waals surface area contributed by atoms with E-state index >= 15 is 0 Å². The molecule has 2 fully saturated rings. The van der Waals surface area contributed by atoms with E-state index in [2.05, 4.69) is 20.6 Å². The molecule has 0 atom stereocenters. The summed E-state index contributed by atoms with van der Waals surface area (Å²) in [5, 5.41) is 16.9. The SMILES string of the molecule is O=C(NCCc1nn2c(C3CC3)nnc2s1)C1CC1. The van der Waals surface area contributed by atoms with E-state index in [1.807, 2.05) is 4.52 Å². The molecule has 2 saturated carbocycles. The minimum absolute atomic E-state index is 0.196. The average molecular weight is 277 g/mol. The molecular formula is C12H15N5OS. The van der Waals surface area contributed by atoms with Gasteiger partial charge in [0.1, 0.15) is 5.01 Å². The number of carbonyl (C=O) groups is 1.